The molecule has 142 valence electrons. The van der Waals surface area contributed by atoms with Crippen LogP contribution in [0, 0.1) is 11.8 Å². The summed E-state index contributed by atoms with van der Waals surface area (Å²) in [5.41, 5.74) is 3.26. The minimum atomic E-state index is -0.935. The van der Waals surface area contributed by atoms with Gasteiger partial charge in [0.05, 0.1) is 18.4 Å². The minimum Gasteiger partial charge on any atom is -0.481 e. The van der Waals surface area contributed by atoms with Gasteiger partial charge in [-0.15, -0.1) is 0 Å². The fraction of sp³-hybridized carbons (Fsp3) is 0.526. The number of amides is 2. The van der Waals surface area contributed by atoms with Crippen LogP contribution >= 0.6 is 0 Å². The summed E-state index contributed by atoms with van der Waals surface area (Å²) in [6, 6.07) is 9.40. The highest BCUT2D eigenvalue weighted by atomic mass is 16.6. The van der Waals surface area contributed by atoms with Gasteiger partial charge in [0.2, 0.25) is 5.91 Å². The van der Waals surface area contributed by atoms with Crippen LogP contribution in [-0.2, 0) is 25.8 Å². The van der Waals surface area contributed by atoms with Gasteiger partial charge in [0.1, 0.15) is 6.54 Å². The normalized spacial score (nSPS) is 19.6. The summed E-state index contributed by atoms with van der Waals surface area (Å²) < 4.78 is 0. The first kappa shape index (κ1) is 19.9. The highest BCUT2D eigenvalue weighted by Gasteiger charge is 2.37. The summed E-state index contributed by atoms with van der Waals surface area (Å²) in [4.78, 5) is 42.8. The van der Waals surface area contributed by atoms with E-state index in [4.69, 9.17) is 4.84 Å². The SMILES string of the molecule is CCN(CC(=O)NOCc1ccccc1)C(=O)[C@H]1CCCC[C@@H]1C(=O)O. The van der Waals surface area contributed by atoms with Crippen molar-refractivity contribution in [2.24, 2.45) is 11.8 Å². The maximum atomic E-state index is 12.7. The molecule has 2 amide bonds. The summed E-state index contributed by atoms with van der Waals surface area (Å²) in [5.74, 6) is -2.85. The third-order valence-electron chi connectivity index (χ3n) is 4.70. The minimum absolute atomic E-state index is 0.146. The third-order valence-corrected chi connectivity index (χ3v) is 4.70. The molecule has 0 heterocycles. The van der Waals surface area contributed by atoms with E-state index in [0.717, 1.165) is 18.4 Å². The van der Waals surface area contributed by atoms with Gasteiger partial charge < -0.3 is 10.0 Å². The first-order valence-electron chi connectivity index (χ1n) is 8.99. The Morgan fingerprint density at radius 3 is 2.42 bits per heavy atom. The molecule has 0 spiro atoms. The van der Waals surface area contributed by atoms with E-state index in [-0.39, 0.29) is 19.1 Å². The number of nitrogens with zero attached hydrogens (tertiary/aromatic N) is 1. The van der Waals surface area contributed by atoms with Crippen molar-refractivity contribution in [2.45, 2.75) is 39.2 Å². The molecule has 1 aliphatic carbocycles. The van der Waals surface area contributed by atoms with Gasteiger partial charge >= 0.3 is 5.97 Å². The van der Waals surface area contributed by atoms with Gasteiger partial charge in [0.15, 0.2) is 0 Å². The van der Waals surface area contributed by atoms with Crippen molar-refractivity contribution >= 4 is 17.8 Å². The maximum absolute atomic E-state index is 12.7. The third kappa shape index (κ3) is 5.56. The van der Waals surface area contributed by atoms with E-state index in [2.05, 4.69) is 5.48 Å². The van der Waals surface area contributed by atoms with E-state index in [1.807, 2.05) is 30.3 Å². The lowest BCUT2D eigenvalue weighted by Crippen LogP contribution is -2.46. The van der Waals surface area contributed by atoms with Crippen molar-refractivity contribution in [1.82, 2.24) is 10.4 Å². The molecule has 1 aliphatic rings. The second-order valence-electron chi connectivity index (χ2n) is 6.49. The molecular weight excluding hydrogens is 336 g/mol. The monoisotopic (exact) mass is 362 g/mol. The number of rotatable bonds is 8. The molecule has 0 unspecified atom stereocenters. The number of nitrogens with one attached hydrogen (secondary N) is 1. The van der Waals surface area contributed by atoms with Gasteiger partial charge in [0.25, 0.3) is 5.91 Å². The van der Waals surface area contributed by atoms with E-state index in [0.29, 0.717) is 19.4 Å². The molecule has 1 fully saturated rings. The lowest BCUT2D eigenvalue weighted by Gasteiger charge is -2.32. The van der Waals surface area contributed by atoms with Gasteiger partial charge in [-0.05, 0) is 25.3 Å². The number of likely N-dealkylation sites (N-methyl/N-ethyl adjacent to an activating group) is 1. The summed E-state index contributed by atoms with van der Waals surface area (Å²) >= 11 is 0. The molecule has 0 aromatic heterocycles. The summed E-state index contributed by atoms with van der Waals surface area (Å²) in [7, 11) is 0. The molecule has 1 aromatic carbocycles. The molecule has 2 rings (SSSR count). The van der Waals surface area contributed by atoms with Gasteiger partial charge in [-0.3, -0.25) is 19.2 Å². The number of carboxylic acid groups (broad SMARTS) is 1. The molecule has 0 aliphatic heterocycles. The Morgan fingerprint density at radius 1 is 1.15 bits per heavy atom. The van der Waals surface area contributed by atoms with Crippen LogP contribution < -0.4 is 5.48 Å². The predicted molar refractivity (Wildman–Crippen MR) is 94.7 cm³/mol. The average molecular weight is 362 g/mol. The molecule has 1 saturated carbocycles. The molecule has 0 radical (unpaired) electrons. The van der Waals surface area contributed by atoms with Crippen LogP contribution in [-0.4, -0.2) is 40.9 Å². The summed E-state index contributed by atoms with van der Waals surface area (Å²) in [6.45, 7) is 2.20. The van der Waals surface area contributed by atoms with E-state index >= 15 is 0 Å². The van der Waals surface area contributed by atoms with Crippen LogP contribution in [0.2, 0.25) is 0 Å². The van der Waals surface area contributed by atoms with Gasteiger partial charge in [-0.2, -0.15) is 0 Å². The van der Waals surface area contributed by atoms with Crippen LogP contribution in [0.15, 0.2) is 30.3 Å². The fourth-order valence-electron chi connectivity index (χ4n) is 3.28. The number of carboxylic acids is 1. The Balaban J connectivity index is 1.85. The van der Waals surface area contributed by atoms with E-state index in [1.165, 1.54) is 4.90 Å². The van der Waals surface area contributed by atoms with Gasteiger partial charge in [-0.1, -0.05) is 43.2 Å². The average Bonchev–Trinajstić information content (AvgIpc) is 2.66. The van der Waals surface area contributed by atoms with Crippen LogP contribution in [0.4, 0.5) is 0 Å². The number of hydroxylamine groups is 1. The quantitative estimate of drug-likeness (QED) is 0.690. The zero-order valence-electron chi connectivity index (χ0n) is 15.0. The first-order chi connectivity index (χ1) is 12.5. The van der Waals surface area contributed by atoms with Crippen molar-refractivity contribution in [1.29, 1.82) is 0 Å². The smallest absolute Gasteiger partial charge is 0.307 e. The molecule has 1 aromatic rings. The molecule has 2 N–H and O–H groups in total. The Bertz CT molecular complexity index is 620. The second kappa shape index (κ2) is 9.91. The zero-order chi connectivity index (χ0) is 18.9. The second-order valence-corrected chi connectivity index (χ2v) is 6.49. The summed E-state index contributed by atoms with van der Waals surface area (Å²) in [6.07, 6.45) is 2.72. The first-order valence-corrected chi connectivity index (χ1v) is 8.99. The van der Waals surface area contributed by atoms with Gasteiger partial charge in [0, 0.05) is 6.54 Å². The number of benzene rings is 1. The van der Waals surface area contributed by atoms with E-state index < -0.39 is 23.7 Å². The Morgan fingerprint density at radius 2 is 1.81 bits per heavy atom. The Kier molecular flexibility index (Phi) is 7.59. The van der Waals surface area contributed by atoms with E-state index in [9.17, 15) is 19.5 Å². The van der Waals surface area contributed by atoms with Crippen molar-refractivity contribution in [2.75, 3.05) is 13.1 Å². The van der Waals surface area contributed by atoms with Crippen molar-refractivity contribution in [3.63, 3.8) is 0 Å². The maximum Gasteiger partial charge on any atom is 0.307 e. The molecular formula is C19H26N2O5. The number of carbonyl (C=O) groups excluding carboxylic acids is 2. The summed E-state index contributed by atoms with van der Waals surface area (Å²) in [5, 5.41) is 9.35. The molecule has 2 atom stereocenters. The number of aliphatic carboxylic acids is 1. The van der Waals surface area contributed by atoms with Crippen molar-refractivity contribution < 1.29 is 24.3 Å². The van der Waals surface area contributed by atoms with Crippen LogP contribution in [0.5, 0.6) is 0 Å². The van der Waals surface area contributed by atoms with Crippen molar-refractivity contribution in [3.8, 4) is 0 Å². The largest absolute Gasteiger partial charge is 0.481 e. The number of hydrogen-bond donors (Lipinski definition) is 2. The molecule has 26 heavy (non-hydrogen) atoms. The topological polar surface area (TPSA) is 95.9 Å². The Hall–Kier alpha value is -2.41. The van der Waals surface area contributed by atoms with Crippen molar-refractivity contribution in [3.05, 3.63) is 35.9 Å². The highest BCUT2D eigenvalue weighted by molar-refractivity contribution is 5.88. The zero-order valence-corrected chi connectivity index (χ0v) is 15.0. The lowest BCUT2D eigenvalue weighted by atomic mass is 9.78. The highest BCUT2D eigenvalue weighted by Crippen LogP contribution is 2.31. The van der Waals surface area contributed by atoms with Gasteiger partial charge in [-0.25, -0.2) is 5.48 Å². The number of hydrogen-bond acceptors (Lipinski definition) is 4. The van der Waals surface area contributed by atoms with E-state index in [1.54, 1.807) is 6.92 Å². The molecule has 7 nitrogen and oxygen atoms in total. The fourth-order valence-corrected chi connectivity index (χ4v) is 3.28. The molecule has 7 heteroatoms. The lowest BCUT2D eigenvalue weighted by molar-refractivity contribution is -0.153. The Labute approximate surface area is 153 Å². The standard InChI is InChI=1S/C19H26N2O5/c1-2-21(18(23)15-10-6-7-11-16(15)19(24)25)12-17(22)20-26-13-14-8-4-3-5-9-14/h3-5,8-9,15-16H,2,6-7,10-13H2,1H3,(H,20,22)(H,24,25)/t15-,16-/m0/s1. The molecule has 0 bridgehead atoms. The number of carbonyl (C=O) groups is 3. The molecule has 0 saturated heterocycles. The van der Waals surface area contributed by atoms with Crippen LogP contribution in [0.1, 0.15) is 38.2 Å². The predicted octanol–water partition coefficient (Wildman–Crippen LogP) is 1.97. The van der Waals surface area contributed by atoms with Crippen LogP contribution in [0.25, 0.3) is 0 Å². The van der Waals surface area contributed by atoms with Crippen LogP contribution in [0.3, 0.4) is 0 Å².